The summed E-state index contributed by atoms with van der Waals surface area (Å²) in [6, 6.07) is 0. The zero-order chi connectivity index (χ0) is 12.6. The van der Waals surface area contributed by atoms with Crippen LogP contribution in [-0.4, -0.2) is 33.6 Å². The number of H-pyrrole nitrogens is 1. The molecule has 7 nitrogen and oxygen atoms in total. The van der Waals surface area contributed by atoms with Crippen molar-refractivity contribution in [2.45, 2.75) is 19.1 Å². The molecule has 9 heteroatoms. The number of aromatic nitrogens is 4. The average molecular weight is 276 g/mol. The normalized spacial score (nSPS) is 12.2. The molecule has 0 radical (unpaired) electrons. The van der Waals surface area contributed by atoms with Gasteiger partial charge in [0.25, 0.3) is 0 Å². The summed E-state index contributed by atoms with van der Waals surface area (Å²) < 4.78 is 25.5. The molecule has 17 heavy (non-hydrogen) atoms. The van der Waals surface area contributed by atoms with E-state index in [1.807, 2.05) is 0 Å². The maximum Gasteiger partial charge on any atom is 0.240 e. The van der Waals surface area contributed by atoms with Gasteiger partial charge < -0.3 is 4.98 Å². The minimum Gasteiger partial charge on any atom is -0.341 e. The van der Waals surface area contributed by atoms with Gasteiger partial charge in [-0.2, -0.15) is 9.97 Å². The van der Waals surface area contributed by atoms with Crippen molar-refractivity contribution < 1.29 is 8.42 Å². The summed E-state index contributed by atoms with van der Waals surface area (Å²) in [5.74, 6) is -0.0803. The molecule has 0 bridgehead atoms. The van der Waals surface area contributed by atoms with Crippen molar-refractivity contribution in [2.24, 2.45) is 0 Å². The second-order valence-electron chi connectivity index (χ2n) is 3.63. The highest BCUT2D eigenvalue weighted by Gasteiger charge is 2.18. The number of imidazole rings is 1. The van der Waals surface area contributed by atoms with Gasteiger partial charge in [0, 0.05) is 0 Å². The van der Waals surface area contributed by atoms with Crippen LogP contribution in [0.4, 0.5) is 5.95 Å². The number of hydrogen-bond donors (Lipinski definition) is 2. The van der Waals surface area contributed by atoms with Gasteiger partial charge >= 0.3 is 0 Å². The van der Waals surface area contributed by atoms with E-state index in [0.29, 0.717) is 11.2 Å². The molecular formula is C8H10ClN5O2S. The number of nitrogens with zero attached hydrogens (tertiary/aromatic N) is 3. The van der Waals surface area contributed by atoms with Crippen LogP contribution in [0.25, 0.3) is 11.2 Å². The van der Waals surface area contributed by atoms with Crippen LogP contribution in [0.3, 0.4) is 0 Å². The third-order valence-corrected chi connectivity index (χ3v) is 4.08. The fraction of sp³-hybridized carbons (Fsp3) is 0.375. The predicted molar refractivity (Wildman–Crippen MR) is 64.4 cm³/mol. The molecule has 0 aliphatic heterocycles. The second-order valence-corrected chi connectivity index (χ2v) is 6.23. The molecule has 0 unspecified atom stereocenters. The molecule has 0 aliphatic carbocycles. The van der Waals surface area contributed by atoms with E-state index in [0.717, 1.165) is 0 Å². The minimum atomic E-state index is -3.49. The van der Waals surface area contributed by atoms with Gasteiger partial charge in [0.2, 0.25) is 16.0 Å². The monoisotopic (exact) mass is 275 g/mol. The average Bonchev–Trinajstić information content (AvgIpc) is 2.64. The Kier molecular flexibility index (Phi) is 2.92. The van der Waals surface area contributed by atoms with E-state index >= 15 is 0 Å². The van der Waals surface area contributed by atoms with Crippen LogP contribution >= 0.6 is 11.6 Å². The molecule has 2 aromatic rings. The molecule has 0 saturated carbocycles. The third-order valence-electron chi connectivity index (χ3n) is 2.10. The van der Waals surface area contributed by atoms with Gasteiger partial charge in [-0.15, -0.1) is 0 Å². The molecule has 0 amide bonds. The molecule has 2 aromatic heterocycles. The highest BCUT2D eigenvalue weighted by Crippen LogP contribution is 2.19. The van der Waals surface area contributed by atoms with E-state index in [4.69, 9.17) is 11.6 Å². The van der Waals surface area contributed by atoms with Gasteiger partial charge in [0.05, 0.1) is 11.6 Å². The lowest BCUT2D eigenvalue weighted by Gasteiger charge is -2.08. The van der Waals surface area contributed by atoms with Crippen molar-refractivity contribution in [3.63, 3.8) is 0 Å². The lowest BCUT2D eigenvalue weighted by Crippen LogP contribution is -2.23. The van der Waals surface area contributed by atoms with Crippen LogP contribution in [0.5, 0.6) is 0 Å². The quantitative estimate of drug-likeness (QED) is 0.819. The molecule has 2 N–H and O–H groups in total. The smallest absolute Gasteiger partial charge is 0.240 e. The van der Waals surface area contributed by atoms with Crippen molar-refractivity contribution in [2.75, 3.05) is 4.72 Å². The lowest BCUT2D eigenvalue weighted by atomic mass is 10.6. The van der Waals surface area contributed by atoms with Gasteiger partial charge in [0.15, 0.2) is 10.8 Å². The van der Waals surface area contributed by atoms with E-state index in [-0.39, 0.29) is 11.1 Å². The Balaban J connectivity index is 2.44. The van der Waals surface area contributed by atoms with Gasteiger partial charge in [-0.3, -0.25) is 4.72 Å². The zero-order valence-electron chi connectivity index (χ0n) is 9.10. The van der Waals surface area contributed by atoms with E-state index in [1.165, 1.54) is 6.33 Å². The third kappa shape index (κ3) is 2.32. The first-order valence-corrected chi connectivity index (χ1v) is 6.71. The van der Waals surface area contributed by atoms with E-state index in [1.54, 1.807) is 13.8 Å². The van der Waals surface area contributed by atoms with Crippen molar-refractivity contribution >= 4 is 38.7 Å². The van der Waals surface area contributed by atoms with Crippen LogP contribution in [0.1, 0.15) is 13.8 Å². The molecule has 0 aliphatic rings. The zero-order valence-corrected chi connectivity index (χ0v) is 10.7. The second kappa shape index (κ2) is 4.11. The van der Waals surface area contributed by atoms with Crippen molar-refractivity contribution in [1.29, 1.82) is 0 Å². The van der Waals surface area contributed by atoms with Crippen LogP contribution < -0.4 is 4.72 Å². The molecule has 0 aromatic carbocycles. The predicted octanol–water partition coefficient (Wildman–Crippen LogP) is 1.16. The Hall–Kier alpha value is -1.41. The number of sulfonamides is 1. The van der Waals surface area contributed by atoms with E-state index < -0.39 is 15.3 Å². The highest BCUT2D eigenvalue weighted by molar-refractivity contribution is 7.93. The van der Waals surface area contributed by atoms with Gasteiger partial charge in [-0.25, -0.2) is 13.4 Å². The summed E-state index contributed by atoms with van der Waals surface area (Å²) in [6.45, 7) is 3.11. The van der Waals surface area contributed by atoms with E-state index in [9.17, 15) is 8.42 Å². The number of fused-ring (bicyclic) bond motifs is 1. The molecule has 0 spiro atoms. The summed E-state index contributed by atoms with van der Waals surface area (Å²) >= 11 is 5.85. The van der Waals surface area contributed by atoms with Crippen molar-refractivity contribution in [1.82, 2.24) is 19.9 Å². The summed E-state index contributed by atoms with van der Waals surface area (Å²) in [4.78, 5) is 14.4. The number of halogens is 1. The summed E-state index contributed by atoms with van der Waals surface area (Å²) in [7, 11) is -3.49. The fourth-order valence-electron chi connectivity index (χ4n) is 1.09. The first-order chi connectivity index (χ1) is 7.90. The van der Waals surface area contributed by atoms with E-state index in [2.05, 4.69) is 24.7 Å². The highest BCUT2D eigenvalue weighted by atomic mass is 35.5. The molecule has 2 heterocycles. The number of aromatic amines is 1. The summed E-state index contributed by atoms with van der Waals surface area (Å²) in [5, 5.41) is -0.464. The Bertz CT molecular complexity index is 651. The Morgan fingerprint density at radius 1 is 1.41 bits per heavy atom. The standard InChI is InChI=1S/C8H10ClN5O2S/c1-4(2)17(15,16)14-8-12-6(9)5-7(13-8)11-3-10-5/h3-4H,1-2H3,(H2,10,11,12,13,14). The number of anilines is 1. The number of nitrogens with one attached hydrogen (secondary N) is 2. The number of rotatable bonds is 3. The molecular weight excluding hydrogens is 266 g/mol. The minimum absolute atomic E-state index is 0.0803. The molecule has 2 rings (SSSR count). The molecule has 0 atom stereocenters. The topological polar surface area (TPSA) is 101 Å². The van der Waals surface area contributed by atoms with Crippen LogP contribution in [0, 0.1) is 0 Å². The Labute approximate surface area is 103 Å². The lowest BCUT2D eigenvalue weighted by molar-refractivity contribution is 0.592. The van der Waals surface area contributed by atoms with Crippen LogP contribution in [0.2, 0.25) is 5.15 Å². The SMILES string of the molecule is CC(C)S(=O)(=O)Nc1nc(Cl)c2[nH]cnc2n1. The Morgan fingerprint density at radius 3 is 2.76 bits per heavy atom. The largest absolute Gasteiger partial charge is 0.341 e. The van der Waals surface area contributed by atoms with Gasteiger partial charge in [-0.05, 0) is 13.8 Å². The van der Waals surface area contributed by atoms with Gasteiger partial charge in [-0.1, -0.05) is 11.6 Å². The molecule has 0 saturated heterocycles. The number of hydrogen-bond acceptors (Lipinski definition) is 5. The maximum absolute atomic E-state index is 11.6. The first-order valence-electron chi connectivity index (χ1n) is 4.78. The summed E-state index contributed by atoms with van der Waals surface area (Å²) in [6.07, 6.45) is 1.41. The molecule has 92 valence electrons. The van der Waals surface area contributed by atoms with Gasteiger partial charge in [0.1, 0.15) is 5.52 Å². The Morgan fingerprint density at radius 2 is 2.12 bits per heavy atom. The van der Waals surface area contributed by atoms with Crippen molar-refractivity contribution in [3.05, 3.63) is 11.5 Å². The molecule has 0 fully saturated rings. The fourth-order valence-corrected chi connectivity index (χ4v) is 1.89. The van der Waals surface area contributed by atoms with Crippen LogP contribution in [0.15, 0.2) is 6.33 Å². The van der Waals surface area contributed by atoms with Crippen molar-refractivity contribution in [3.8, 4) is 0 Å². The first kappa shape index (κ1) is 12.1. The maximum atomic E-state index is 11.6. The summed E-state index contributed by atoms with van der Waals surface area (Å²) in [5.41, 5.74) is 0.783. The van der Waals surface area contributed by atoms with Crippen LogP contribution in [-0.2, 0) is 10.0 Å².